The Labute approximate surface area is 165 Å². The number of anilines is 2. The maximum Gasteiger partial charge on any atom is 0.419 e. The molecule has 1 aromatic heterocycles. The van der Waals surface area contributed by atoms with Crippen LogP contribution in [0.15, 0.2) is 24.3 Å². The average Bonchev–Trinajstić information content (AvgIpc) is 2.67. The van der Waals surface area contributed by atoms with Crippen LogP contribution in [0.1, 0.15) is 11.3 Å². The minimum Gasteiger partial charge on any atom is -0.467 e. The third-order valence-electron chi connectivity index (χ3n) is 3.83. The van der Waals surface area contributed by atoms with Crippen LogP contribution in [0, 0.1) is 11.3 Å². The first-order valence-corrected chi connectivity index (χ1v) is 8.29. The fourth-order valence-electron chi connectivity index (χ4n) is 2.41. The molecule has 0 aliphatic heterocycles. The lowest BCUT2D eigenvalue weighted by molar-refractivity contribution is -0.139. The zero-order chi connectivity index (χ0) is 21.6. The third kappa shape index (κ3) is 5.47. The molecule has 0 amide bonds. The maximum atomic E-state index is 13.5. The lowest BCUT2D eigenvalue weighted by Crippen LogP contribution is -2.26. The van der Waals surface area contributed by atoms with E-state index in [1.807, 2.05) is 6.07 Å². The van der Waals surface area contributed by atoms with Crippen LogP contribution in [-0.2, 0) is 15.7 Å². The van der Waals surface area contributed by atoms with Gasteiger partial charge in [-0.15, -0.1) is 0 Å². The summed E-state index contributed by atoms with van der Waals surface area (Å²) in [6.45, 7) is 0.0978. The number of aromatic nitrogens is 1. The highest BCUT2D eigenvalue weighted by atomic mass is 19.4. The van der Waals surface area contributed by atoms with Crippen molar-refractivity contribution in [2.45, 2.75) is 6.18 Å². The number of rotatable bonds is 8. The molecule has 156 valence electrons. The SMILES string of the molecule is COCCOCOc1ccc(-c2cc(N(C)N)c(N)c(C#N)n2)cc1C(F)(F)F. The first-order chi connectivity index (χ1) is 13.7. The van der Waals surface area contributed by atoms with Gasteiger partial charge >= 0.3 is 6.18 Å². The van der Waals surface area contributed by atoms with Crippen molar-refractivity contribution < 1.29 is 27.4 Å². The largest absolute Gasteiger partial charge is 0.467 e. The highest BCUT2D eigenvalue weighted by Gasteiger charge is 2.35. The van der Waals surface area contributed by atoms with E-state index in [1.165, 1.54) is 26.3 Å². The summed E-state index contributed by atoms with van der Waals surface area (Å²) in [5.74, 6) is 5.29. The highest BCUT2D eigenvalue weighted by Crippen LogP contribution is 2.39. The molecule has 2 rings (SSSR count). The van der Waals surface area contributed by atoms with E-state index in [0.717, 1.165) is 17.1 Å². The smallest absolute Gasteiger partial charge is 0.419 e. The van der Waals surface area contributed by atoms with Crippen molar-refractivity contribution in [2.24, 2.45) is 5.84 Å². The van der Waals surface area contributed by atoms with Gasteiger partial charge in [0.2, 0.25) is 0 Å². The first kappa shape index (κ1) is 22.2. The number of halogens is 3. The molecule has 0 unspecified atom stereocenters. The summed E-state index contributed by atoms with van der Waals surface area (Å²) in [4.78, 5) is 4.04. The fourth-order valence-corrected chi connectivity index (χ4v) is 2.41. The maximum absolute atomic E-state index is 13.5. The number of hydrogen-bond acceptors (Lipinski definition) is 8. The number of hydrazine groups is 1. The van der Waals surface area contributed by atoms with Crippen LogP contribution in [0.25, 0.3) is 11.3 Å². The normalized spacial score (nSPS) is 11.2. The van der Waals surface area contributed by atoms with E-state index < -0.39 is 17.5 Å². The molecule has 11 heteroatoms. The summed E-state index contributed by atoms with van der Waals surface area (Å²) in [5, 5.41) is 10.4. The number of nitrogens with two attached hydrogens (primary N) is 2. The van der Waals surface area contributed by atoms with Crippen molar-refractivity contribution >= 4 is 11.4 Å². The van der Waals surface area contributed by atoms with Gasteiger partial charge in [-0.25, -0.2) is 10.8 Å². The number of nitrogen functional groups attached to an aromatic ring is 1. The summed E-state index contributed by atoms with van der Waals surface area (Å²) in [5.41, 5.74) is 5.19. The zero-order valence-corrected chi connectivity index (χ0v) is 15.8. The lowest BCUT2D eigenvalue weighted by Gasteiger charge is -2.18. The van der Waals surface area contributed by atoms with Crippen molar-refractivity contribution in [1.29, 1.82) is 5.26 Å². The van der Waals surface area contributed by atoms with E-state index in [-0.39, 0.29) is 48.3 Å². The third-order valence-corrected chi connectivity index (χ3v) is 3.83. The Hall–Kier alpha value is -3.07. The molecule has 29 heavy (non-hydrogen) atoms. The van der Waals surface area contributed by atoms with Crippen LogP contribution in [0.2, 0.25) is 0 Å². The van der Waals surface area contributed by atoms with E-state index >= 15 is 0 Å². The van der Waals surface area contributed by atoms with Gasteiger partial charge in [0.05, 0.1) is 35.8 Å². The Morgan fingerprint density at radius 3 is 2.55 bits per heavy atom. The van der Waals surface area contributed by atoms with Gasteiger partial charge in [-0.05, 0) is 24.3 Å². The Kier molecular flexibility index (Phi) is 7.22. The van der Waals surface area contributed by atoms with E-state index in [1.54, 1.807) is 0 Å². The van der Waals surface area contributed by atoms with Crippen LogP contribution in [0.3, 0.4) is 0 Å². The van der Waals surface area contributed by atoms with Crippen molar-refractivity contribution in [2.75, 3.05) is 44.9 Å². The summed E-state index contributed by atoms with van der Waals surface area (Å²) in [7, 11) is 2.96. The number of nitriles is 1. The summed E-state index contributed by atoms with van der Waals surface area (Å²) >= 11 is 0. The molecule has 0 saturated heterocycles. The number of alkyl halides is 3. The van der Waals surface area contributed by atoms with Gasteiger partial charge in [0.1, 0.15) is 11.8 Å². The molecule has 0 atom stereocenters. The van der Waals surface area contributed by atoms with Gasteiger partial charge in [0, 0.05) is 19.7 Å². The zero-order valence-electron chi connectivity index (χ0n) is 15.8. The van der Waals surface area contributed by atoms with Gasteiger partial charge in [-0.2, -0.15) is 18.4 Å². The van der Waals surface area contributed by atoms with Crippen LogP contribution in [0.4, 0.5) is 24.5 Å². The van der Waals surface area contributed by atoms with Gasteiger partial charge in [0.15, 0.2) is 12.5 Å². The average molecular weight is 411 g/mol. The number of ether oxygens (including phenoxy) is 3. The fraction of sp³-hybridized carbons (Fsp3) is 0.333. The molecule has 0 radical (unpaired) electrons. The molecule has 0 saturated carbocycles. The molecule has 4 N–H and O–H groups in total. The molecular formula is C18H20F3N5O3. The second kappa shape index (κ2) is 9.42. The number of nitrogens with zero attached hydrogens (tertiary/aromatic N) is 3. The molecule has 0 aliphatic carbocycles. The highest BCUT2D eigenvalue weighted by molar-refractivity contribution is 5.78. The first-order valence-electron chi connectivity index (χ1n) is 8.29. The number of pyridine rings is 1. The molecule has 1 heterocycles. The van der Waals surface area contributed by atoms with Crippen LogP contribution >= 0.6 is 0 Å². The minimum atomic E-state index is -4.68. The Morgan fingerprint density at radius 1 is 1.24 bits per heavy atom. The standard InChI is InChI=1S/C18H20F3N5O3/c1-26(24)15-8-13(25-14(9-22)17(15)23)11-3-4-16(12(7-11)18(19,20)21)29-10-28-6-5-27-2/h3-4,7-8H,5-6,10,23-24H2,1-2H3. The minimum absolute atomic E-state index is 0.0328. The van der Waals surface area contributed by atoms with Gasteiger partial charge in [-0.3, -0.25) is 0 Å². The summed E-state index contributed by atoms with van der Waals surface area (Å²) < 4.78 is 55.5. The Balaban J connectivity index is 2.43. The molecule has 0 fully saturated rings. The van der Waals surface area contributed by atoms with Crippen LogP contribution in [0.5, 0.6) is 5.75 Å². The molecule has 0 spiro atoms. The Morgan fingerprint density at radius 2 is 1.97 bits per heavy atom. The summed E-state index contributed by atoms with van der Waals surface area (Å²) in [6.07, 6.45) is -4.68. The van der Waals surface area contributed by atoms with Gasteiger partial charge in [-0.1, -0.05) is 0 Å². The van der Waals surface area contributed by atoms with E-state index in [9.17, 15) is 18.4 Å². The molecule has 1 aromatic carbocycles. The summed E-state index contributed by atoms with van der Waals surface area (Å²) in [6, 6.07) is 6.64. The number of hydrogen-bond donors (Lipinski definition) is 2. The van der Waals surface area contributed by atoms with Crippen molar-refractivity contribution in [3.63, 3.8) is 0 Å². The lowest BCUT2D eigenvalue weighted by atomic mass is 10.0. The predicted octanol–water partition coefficient (Wildman–Crippen LogP) is 2.53. The predicted molar refractivity (Wildman–Crippen MR) is 99.7 cm³/mol. The quantitative estimate of drug-likeness (QED) is 0.294. The topological polar surface area (TPSA) is 120 Å². The van der Waals surface area contributed by atoms with Crippen LogP contribution in [-0.4, -0.2) is 39.1 Å². The number of methoxy groups -OCH3 is 1. The van der Waals surface area contributed by atoms with E-state index in [0.29, 0.717) is 0 Å². The molecule has 0 bridgehead atoms. The van der Waals surface area contributed by atoms with Gasteiger partial charge in [0.25, 0.3) is 0 Å². The molecule has 0 aliphatic rings. The number of benzene rings is 1. The van der Waals surface area contributed by atoms with E-state index in [4.69, 9.17) is 25.8 Å². The van der Waals surface area contributed by atoms with Gasteiger partial charge < -0.3 is 25.0 Å². The molecular weight excluding hydrogens is 391 g/mol. The molecule has 8 nitrogen and oxygen atoms in total. The Bertz CT molecular complexity index is 898. The second-order valence-electron chi connectivity index (χ2n) is 5.88. The molecule has 2 aromatic rings. The van der Waals surface area contributed by atoms with Crippen LogP contribution < -0.4 is 21.3 Å². The van der Waals surface area contributed by atoms with Crippen molar-refractivity contribution in [3.05, 3.63) is 35.5 Å². The second-order valence-corrected chi connectivity index (χ2v) is 5.88. The van der Waals surface area contributed by atoms with Crippen molar-refractivity contribution in [1.82, 2.24) is 4.98 Å². The van der Waals surface area contributed by atoms with Crippen molar-refractivity contribution in [3.8, 4) is 23.1 Å². The van der Waals surface area contributed by atoms with E-state index in [2.05, 4.69) is 4.98 Å². The monoisotopic (exact) mass is 411 g/mol.